The molecule has 1 atom stereocenters. The highest BCUT2D eigenvalue weighted by Gasteiger charge is 2.28. The van der Waals surface area contributed by atoms with Gasteiger partial charge < -0.3 is 5.11 Å². The van der Waals surface area contributed by atoms with Gasteiger partial charge in [0.05, 0.1) is 51.3 Å². The van der Waals surface area contributed by atoms with Gasteiger partial charge in [-0.25, -0.2) is 13.2 Å². The van der Waals surface area contributed by atoms with Gasteiger partial charge in [-0.2, -0.15) is 0 Å². The van der Waals surface area contributed by atoms with Gasteiger partial charge in [-0.15, -0.1) is 0 Å². The Morgan fingerprint density at radius 2 is 1.02 bits per heavy atom. The molecular formula is C35H26F3N5O. The van der Waals surface area contributed by atoms with Crippen LogP contribution >= 0.6 is 0 Å². The molecule has 0 aliphatic carbocycles. The largest absolute Gasteiger partial charge is 0.507 e. The van der Waals surface area contributed by atoms with Crippen LogP contribution in [0.5, 0.6) is 5.75 Å². The second-order valence-electron chi connectivity index (χ2n) is 10.1. The zero-order valence-electron chi connectivity index (χ0n) is 23.4. The average molecular weight is 590 g/mol. The molecule has 0 spiro atoms. The third kappa shape index (κ3) is 6.18. The molecule has 9 heteroatoms. The summed E-state index contributed by atoms with van der Waals surface area (Å²) in [6.07, 6.45) is 3.39. The highest BCUT2D eigenvalue weighted by atomic mass is 19.1. The van der Waals surface area contributed by atoms with Crippen molar-refractivity contribution in [3.8, 4) is 28.3 Å². The molecule has 6 rings (SSSR count). The molecule has 0 aliphatic rings. The molecule has 218 valence electrons. The predicted octanol–water partition coefficient (Wildman–Crippen LogP) is 7.52. The first-order chi connectivity index (χ1) is 21.5. The minimum atomic E-state index is -0.736. The number of halogens is 3. The molecule has 2 aromatic carbocycles. The first-order valence-corrected chi connectivity index (χ1v) is 13.9. The van der Waals surface area contributed by atoms with Crippen LogP contribution in [0.2, 0.25) is 0 Å². The van der Waals surface area contributed by atoms with Crippen molar-refractivity contribution in [1.82, 2.24) is 24.8 Å². The van der Waals surface area contributed by atoms with Gasteiger partial charge in [0.2, 0.25) is 0 Å². The van der Waals surface area contributed by atoms with Gasteiger partial charge in [-0.1, -0.05) is 36.4 Å². The van der Waals surface area contributed by atoms with Gasteiger partial charge in [-0.05, 0) is 72.8 Å². The maximum absolute atomic E-state index is 14.9. The Morgan fingerprint density at radius 3 is 1.52 bits per heavy atom. The van der Waals surface area contributed by atoms with Gasteiger partial charge in [0.25, 0.3) is 0 Å². The molecule has 1 N–H and O–H groups in total. The average Bonchev–Trinajstić information content (AvgIpc) is 3.03. The highest BCUT2D eigenvalue weighted by molar-refractivity contribution is 5.67. The Labute approximate surface area is 252 Å². The lowest BCUT2D eigenvalue weighted by molar-refractivity contribution is 0.195. The van der Waals surface area contributed by atoms with Crippen molar-refractivity contribution in [3.63, 3.8) is 0 Å². The Morgan fingerprint density at radius 1 is 0.545 bits per heavy atom. The fourth-order valence-electron chi connectivity index (χ4n) is 5.16. The zero-order valence-corrected chi connectivity index (χ0v) is 23.4. The molecule has 6 aromatic rings. The lowest BCUT2D eigenvalue weighted by Gasteiger charge is -2.31. The van der Waals surface area contributed by atoms with Crippen LogP contribution < -0.4 is 0 Å². The van der Waals surface area contributed by atoms with Crippen molar-refractivity contribution in [2.75, 3.05) is 0 Å². The Bertz CT molecular complexity index is 1710. The van der Waals surface area contributed by atoms with E-state index in [4.69, 9.17) is 9.97 Å². The molecule has 0 saturated carbocycles. The van der Waals surface area contributed by atoms with Crippen LogP contribution in [0.3, 0.4) is 0 Å². The van der Waals surface area contributed by atoms with Gasteiger partial charge in [-0.3, -0.25) is 24.8 Å². The van der Waals surface area contributed by atoms with Crippen LogP contribution in [-0.4, -0.2) is 29.9 Å². The molecule has 0 radical (unpaired) electrons. The molecule has 0 bridgehead atoms. The number of hydrogen-bond acceptors (Lipinski definition) is 6. The Hall–Kier alpha value is -5.41. The van der Waals surface area contributed by atoms with Crippen molar-refractivity contribution < 1.29 is 18.3 Å². The fourth-order valence-corrected chi connectivity index (χ4v) is 5.16. The summed E-state index contributed by atoms with van der Waals surface area (Å²) in [6.45, 7) is 0.664. The molecule has 4 aromatic heterocycles. The Balaban J connectivity index is 1.54. The minimum absolute atomic E-state index is 0.0377. The van der Waals surface area contributed by atoms with E-state index in [1.54, 1.807) is 48.8 Å². The lowest BCUT2D eigenvalue weighted by Crippen LogP contribution is -2.31. The van der Waals surface area contributed by atoms with E-state index < -0.39 is 23.5 Å². The second kappa shape index (κ2) is 12.8. The molecule has 0 aliphatic heterocycles. The summed E-state index contributed by atoms with van der Waals surface area (Å²) >= 11 is 0. The van der Waals surface area contributed by atoms with E-state index in [-0.39, 0.29) is 28.3 Å². The third-order valence-corrected chi connectivity index (χ3v) is 7.12. The second-order valence-corrected chi connectivity index (χ2v) is 10.1. The minimum Gasteiger partial charge on any atom is -0.507 e. The van der Waals surface area contributed by atoms with Gasteiger partial charge in [0, 0.05) is 25.5 Å². The van der Waals surface area contributed by atoms with E-state index in [9.17, 15) is 18.3 Å². The number of phenolic OH excluding ortho intramolecular Hbond substituents is 1. The van der Waals surface area contributed by atoms with Gasteiger partial charge in [0.1, 0.15) is 23.2 Å². The molecule has 0 fully saturated rings. The summed E-state index contributed by atoms with van der Waals surface area (Å²) in [7, 11) is 0. The molecule has 4 heterocycles. The van der Waals surface area contributed by atoms with E-state index in [1.807, 2.05) is 41.3 Å². The quantitative estimate of drug-likeness (QED) is 0.188. The molecule has 0 saturated heterocycles. The number of aromatic nitrogens is 4. The molecule has 6 nitrogen and oxygen atoms in total. The maximum atomic E-state index is 14.9. The number of aromatic hydroxyl groups is 1. The number of nitrogens with zero attached hydrogens (tertiary/aromatic N) is 5. The smallest absolute Gasteiger partial charge is 0.136 e. The van der Waals surface area contributed by atoms with E-state index in [0.29, 0.717) is 24.5 Å². The van der Waals surface area contributed by atoms with E-state index in [1.165, 1.54) is 36.4 Å². The van der Waals surface area contributed by atoms with Gasteiger partial charge >= 0.3 is 0 Å². The van der Waals surface area contributed by atoms with Crippen LogP contribution in [0.15, 0.2) is 122 Å². The SMILES string of the molecule is Oc1cccc(F)c1-c1cccc([C@H](c2cccc(-c3c(F)cccc3F)n2)N(Cc2ccccn2)Cc2ccccn2)n1. The first kappa shape index (κ1) is 28.7. The molecule has 0 unspecified atom stereocenters. The van der Waals surface area contributed by atoms with Crippen molar-refractivity contribution in [2.45, 2.75) is 19.1 Å². The van der Waals surface area contributed by atoms with Crippen molar-refractivity contribution in [2.24, 2.45) is 0 Å². The highest BCUT2D eigenvalue weighted by Crippen LogP contribution is 2.35. The maximum Gasteiger partial charge on any atom is 0.136 e. The zero-order chi connectivity index (χ0) is 30.5. The first-order valence-electron chi connectivity index (χ1n) is 13.9. The standard InChI is InChI=1S/C35H26F3N5O/c36-25-11-5-12-26(37)33(25)28-14-7-16-30(41-28)35(31-17-8-15-29(42-31)34-27(38)13-6-18-32(34)44)43(21-23-9-1-3-19-39-23)22-24-10-2-4-20-40-24/h1-20,35,44H,21-22H2/t35-/m0/s1. The lowest BCUT2D eigenvalue weighted by atomic mass is 10.0. The van der Waals surface area contributed by atoms with E-state index >= 15 is 0 Å². The molecule has 44 heavy (non-hydrogen) atoms. The fraction of sp³-hybridized carbons (Fsp3) is 0.0857. The van der Waals surface area contributed by atoms with Gasteiger partial charge in [0.15, 0.2) is 0 Å². The normalized spacial score (nSPS) is 11.9. The Kier molecular flexibility index (Phi) is 8.38. The molecular weight excluding hydrogens is 563 g/mol. The summed E-state index contributed by atoms with van der Waals surface area (Å²) in [5.74, 6) is -2.35. The van der Waals surface area contributed by atoms with E-state index in [2.05, 4.69) is 9.97 Å². The summed E-state index contributed by atoms with van der Waals surface area (Å²) in [6, 6.07) is 28.3. The third-order valence-electron chi connectivity index (χ3n) is 7.12. The number of benzene rings is 2. The summed E-state index contributed by atoms with van der Waals surface area (Å²) in [4.78, 5) is 20.7. The number of phenols is 1. The summed E-state index contributed by atoms with van der Waals surface area (Å²) in [5.41, 5.74) is 2.48. The van der Waals surface area contributed by atoms with Crippen molar-refractivity contribution in [1.29, 1.82) is 0 Å². The monoisotopic (exact) mass is 589 g/mol. The topological polar surface area (TPSA) is 75.0 Å². The van der Waals surface area contributed by atoms with Crippen LogP contribution in [0.1, 0.15) is 28.8 Å². The van der Waals surface area contributed by atoms with Crippen LogP contribution in [0.25, 0.3) is 22.5 Å². The van der Waals surface area contributed by atoms with Crippen LogP contribution in [-0.2, 0) is 13.1 Å². The summed E-state index contributed by atoms with van der Waals surface area (Å²) < 4.78 is 44.7. The number of rotatable bonds is 9. The summed E-state index contributed by atoms with van der Waals surface area (Å²) in [5, 5.41) is 10.5. The molecule has 0 amide bonds. The van der Waals surface area contributed by atoms with Crippen LogP contribution in [0, 0.1) is 17.5 Å². The number of hydrogen-bond donors (Lipinski definition) is 1. The van der Waals surface area contributed by atoms with Crippen molar-refractivity contribution >= 4 is 0 Å². The van der Waals surface area contributed by atoms with Crippen LogP contribution in [0.4, 0.5) is 13.2 Å². The van der Waals surface area contributed by atoms with Crippen molar-refractivity contribution in [3.05, 3.63) is 162 Å². The predicted molar refractivity (Wildman–Crippen MR) is 160 cm³/mol. The number of pyridine rings is 4. The van der Waals surface area contributed by atoms with E-state index in [0.717, 1.165) is 11.4 Å².